The van der Waals surface area contributed by atoms with Crippen molar-refractivity contribution in [2.75, 3.05) is 0 Å². The number of hydrogen-bond donors (Lipinski definition) is 0. The number of imidazole rings is 1. The van der Waals surface area contributed by atoms with E-state index in [2.05, 4.69) is 28.5 Å². The smallest absolute Gasteiger partial charge is 0.222 e. The summed E-state index contributed by atoms with van der Waals surface area (Å²) in [5.74, 6) is -0.999. The lowest BCUT2D eigenvalue weighted by Crippen LogP contribution is -2.39. The number of fused-ring (bicyclic) bond motifs is 1. The van der Waals surface area contributed by atoms with Crippen molar-refractivity contribution in [3.63, 3.8) is 0 Å². The first kappa shape index (κ1) is 17.6. The predicted molar refractivity (Wildman–Crippen MR) is 98.7 cm³/mol. The second kappa shape index (κ2) is 6.74. The normalized spacial score (nSPS) is 16.5. The maximum atomic E-state index is 13.5. The summed E-state index contributed by atoms with van der Waals surface area (Å²) in [7, 11) is 0. The number of hydrogen-bond acceptors (Lipinski definition) is 4. The third-order valence-corrected chi connectivity index (χ3v) is 4.78. The van der Waals surface area contributed by atoms with Gasteiger partial charge in [0, 0.05) is 31.5 Å². The largest absolute Gasteiger partial charge is 0.360 e. The highest BCUT2D eigenvalue weighted by Crippen LogP contribution is 2.30. The fourth-order valence-electron chi connectivity index (χ4n) is 3.25. The molecule has 1 aromatic carbocycles. The standard InChI is InChI=1S/C19H16ClF2N5/c1-11-8-26-10-17(16-5-6-23-19(20)25-16)24-18(26)12(2)27(11)9-13-3-4-14(21)15(22)7-13/h3-7,10-11H,2,8-9H2,1H3/t11-/m0/s1. The van der Waals surface area contributed by atoms with Gasteiger partial charge >= 0.3 is 0 Å². The van der Waals surface area contributed by atoms with E-state index in [4.69, 9.17) is 11.6 Å². The SMILES string of the molecule is C=C1c2nc(-c3ccnc(Cl)n3)cn2C[C@H](C)N1Cc1ccc(F)c(F)c1. The molecule has 138 valence electrons. The van der Waals surface area contributed by atoms with Crippen LogP contribution >= 0.6 is 11.6 Å². The summed E-state index contributed by atoms with van der Waals surface area (Å²) in [5.41, 5.74) is 2.69. The highest BCUT2D eigenvalue weighted by molar-refractivity contribution is 6.28. The van der Waals surface area contributed by atoms with Crippen molar-refractivity contribution in [3.05, 3.63) is 71.5 Å². The van der Waals surface area contributed by atoms with Gasteiger partial charge in [0.25, 0.3) is 0 Å². The molecule has 1 atom stereocenters. The van der Waals surface area contributed by atoms with E-state index in [0.717, 1.165) is 6.07 Å². The van der Waals surface area contributed by atoms with E-state index in [9.17, 15) is 8.78 Å². The lowest BCUT2D eigenvalue weighted by Gasteiger charge is -2.37. The molecule has 1 aliphatic heterocycles. The van der Waals surface area contributed by atoms with Gasteiger partial charge in [0.05, 0.1) is 11.4 Å². The van der Waals surface area contributed by atoms with Crippen molar-refractivity contribution >= 4 is 17.3 Å². The molecule has 4 rings (SSSR count). The van der Waals surface area contributed by atoms with Crippen LogP contribution in [0.4, 0.5) is 8.78 Å². The highest BCUT2D eigenvalue weighted by atomic mass is 35.5. The first-order valence-corrected chi connectivity index (χ1v) is 8.76. The van der Waals surface area contributed by atoms with Gasteiger partial charge < -0.3 is 9.47 Å². The average Bonchev–Trinajstić information content (AvgIpc) is 3.06. The van der Waals surface area contributed by atoms with E-state index in [0.29, 0.717) is 41.6 Å². The topological polar surface area (TPSA) is 46.8 Å². The Morgan fingerprint density at radius 3 is 2.74 bits per heavy atom. The highest BCUT2D eigenvalue weighted by Gasteiger charge is 2.28. The van der Waals surface area contributed by atoms with E-state index in [1.807, 2.05) is 15.7 Å². The minimum absolute atomic E-state index is 0.106. The first-order chi connectivity index (χ1) is 12.9. The van der Waals surface area contributed by atoms with Crippen LogP contribution in [0.5, 0.6) is 0 Å². The second-order valence-electron chi connectivity index (χ2n) is 6.49. The van der Waals surface area contributed by atoms with E-state index in [1.54, 1.807) is 18.3 Å². The molecule has 0 bridgehead atoms. The molecule has 3 aromatic rings. The third-order valence-electron chi connectivity index (χ3n) is 4.60. The lowest BCUT2D eigenvalue weighted by molar-refractivity contribution is 0.253. The Bertz CT molecular complexity index is 1030. The van der Waals surface area contributed by atoms with E-state index >= 15 is 0 Å². The fourth-order valence-corrected chi connectivity index (χ4v) is 3.40. The summed E-state index contributed by atoms with van der Waals surface area (Å²) in [6.45, 7) is 7.31. The van der Waals surface area contributed by atoms with Crippen molar-refractivity contribution in [1.29, 1.82) is 0 Å². The Balaban J connectivity index is 1.64. The summed E-state index contributed by atoms with van der Waals surface area (Å²) in [6, 6.07) is 5.78. The predicted octanol–water partition coefficient (Wildman–Crippen LogP) is 4.15. The van der Waals surface area contributed by atoms with Crippen molar-refractivity contribution in [1.82, 2.24) is 24.4 Å². The number of nitrogens with zero attached hydrogens (tertiary/aromatic N) is 5. The van der Waals surface area contributed by atoms with Crippen LogP contribution in [-0.2, 0) is 13.1 Å². The molecule has 0 unspecified atom stereocenters. The Labute approximate surface area is 160 Å². The van der Waals surface area contributed by atoms with Crippen LogP contribution in [0.3, 0.4) is 0 Å². The third kappa shape index (κ3) is 3.30. The Hall–Kier alpha value is -2.80. The summed E-state index contributed by atoms with van der Waals surface area (Å²) in [4.78, 5) is 14.8. The summed E-state index contributed by atoms with van der Waals surface area (Å²) in [6.07, 6.45) is 3.49. The summed E-state index contributed by atoms with van der Waals surface area (Å²) in [5, 5.41) is 0.158. The fraction of sp³-hybridized carbons (Fsp3) is 0.211. The number of benzene rings is 1. The molecule has 1 aliphatic rings. The van der Waals surface area contributed by atoms with Gasteiger partial charge in [-0.2, -0.15) is 0 Å². The molecule has 5 nitrogen and oxygen atoms in total. The Morgan fingerprint density at radius 2 is 2.00 bits per heavy atom. The monoisotopic (exact) mass is 387 g/mol. The second-order valence-corrected chi connectivity index (χ2v) is 6.82. The summed E-state index contributed by atoms with van der Waals surface area (Å²) >= 11 is 5.87. The van der Waals surface area contributed by atoms with Gasteiger partial charge in [-0.25, -0.2) is 23.7 Å². The molecule has 0 aliphatic carbocycles. The zero-order valence-corrected chi connectivity index (χ0v) is 15.3. The Morgan fingerprint density at radius 1 is 1.19 bits per heavy atom. The molecule has 0 saturated carbocycles. The van der Waals surface area contributed by atoms with E-state index in [-0.39, 0.29) is 11.3 Å². The zero-order valence-electron chi connectivity index (χ0n) is 14.5. The summed E-state index contributed by atoms with van der Waals surface area (Å²) < 4.78 is 28.7. The molecular weight excluding hydrogens is 372 g/mol. The van der Waals surface area contributed by atoms with Gasteiger partial charge in [-0.3, -0.25) is 0 Å². The van der Waals surface area contributed by atoms with Gasteiger partial charge in [0.15, 0.2) is 17.5 Å². The minimum atomic E-state index is -0.854. The lowest BCUT2D eigenvalue weighted by atomic mass is 10.1. The van der Waals surface area contributed by atoms with Crippen molar-refractivity contribution < 1.29 is 8.78 Å². The zero-order chi connectivity index (χ0) is 19.1. The molecule has 27 heavy (non-hydrogen) atoms. The van der Waals surface area contributed by atoms with Crippen molar-refractivity contribution in [2.24, 2.45) is 0 Å². The molecule has 0 N–H and O–H groups in total. The molecule has 2 aromatic heterocycles. The average molecular weight is 388 g/mol. The van der Waals surface area contributed by atoms with Gasteiger partial charge in [0.1, 0.15) is 5.69 Å². The minimum Gasteiger partial charge on any atom is -0.360 e. The van der Waals surface area contributed by atoms with Crippen LogP contribution < -0.4 is 0 Å². The van der Waals surface area contributed by atoms with E-state index < -0.39 is 11.6 Å². The van der Waals surface area contributed by atoms with Crippen LogP contribution in [0.15, 0.2) is 43.2 Å². The molecule has 0 spiro atoms. The quantitative estimate of drug-likeness (QED) is 0.633. The molecule has 0 saturated heterocycles. The maximum Gasteiger partial charge on any atom is 0.222 e. The Kier molecular flexibility index (Phi) is 4.39. The van der Waals surface area contributed by atoms with E-state index in [1.165, 1.54) is 6.07 Å². The van der Waals surface area contributed by atoms with Gasteiger partial charge in [-0.1, -0.05) is 12.6 Å². The van der Waals surface area contributed by atoms with Crippen molar-refractivity contribution in [3.8, 4) is 11.4 Å². The molecule has 0 radical (unpaired) electrons. The maximum absolute atomic E-state index is 13.5. The molecule has 8 heteroatoms. The van der Waals surface area contributed by atoms with Crippen molar-refractivity contribution in [2.45, 2.75) is 26.1 Å². The van der Waals surface area contributed by atoms with Crippen LogP contribution in [0.1, 0.15) is 18.3 Å². The molecular formula is C19H16ClF2N5. The molecule has 3 heterocycles. The number of aromatic nitrogens is 4. The molecule has 0 fully saturated rings. The number of halogens is 3. The van der Waals surface area contributed by atoms with Crippen LogP contribution in [-0.4, -0.2) is 30.5 Å². The number of rotatable bonds is 3. The van der Waals surface area contributed by atoms with Crippen LogP contribution in [0, 0.1) is 11.6 Å². The van der Waals surface area contributed by atoms with Gasteiger partial charge in [-0.15, -0.1) is 0 Å². The first-order valence-electron chi connectivity index (χ1n) is 8.38. The molecule has 0 amide bonds. The van der Waals surface area contributed by atoms with Crippen LogP contribution in [0.25, 0.3) is 17.1 Å². The van der Waals surface area contributed by atoms with Gasteiger partial charge in [0.2, 0.25) is 5.28 Å². The van der Waals surface area contributed by atoms with Gasteiger partial charge in [-0.05, 0) is 42.3 Å². The van der Waals surface area contributed by atoms with Crippen LogP contribution in [0.2, 0.25) is 5.28 Å².